The lowest BCUT2D eigenvalue weighted by Gasteiger charge is -2.35. The summed E-state index contributed by atoms with van der Waals surface area (Å²) in [4.78, 5) is 21.5. The summed E-state index contributed by atoms with van der Waals surface area (Å²) in [6.45, 7) is 4.87. The van der Waals surface area contributed by atoms with E-state index >= 15 is 0 Å². The van der Waals surface area contributed by atoms with Crippen molar-refractivity contribution in [1.29, 1.82) is 0 Å². The van der Waals surface area contributed by atoms with Crippen LogP contribution in [0.15, 0.2) is 28.8 Å². The minimum Gasteiger partial charge on any atom is -0.496 e. The van der Waals surface area contributed by atoms with E-state index in [0.717, 1.165) is 31.5 Å². The van der Waals surface area contributed by atoms with Crippen LogP contribution in [0.2, 0.25) is 0 Å². The molecule has 0 spiro atoms. The Balaban J connectivity index is 1.39. The molecule has 0 radical (unpaired) electrons. The average molecular weight is 386 g/mol. The fourth-order valence-electron chi connectivity index (χ4n) is 3.89. The second kappa shape index (κ2) is 8.70. The molecule has 0 bridgehead atoms. The van der Waals surface area contributed by atoms with Crippen molar-refractivity contribution in [2.45, 2.75) is 19.4 Å². The van der Waals surface area contributed by atoms with Crippen LogP contribution >= 0.6 is 0 Å². The smallest absolute Gasteiger partial charge is 0.241 e. The zero-order chi connectivity index (χ0) is 19.3. The van der Waals surface area contributed by atoms with E-state index in [2.05, 4.69) is 15.0 Å². The summed E-state index contributed by atoms with van der Waals surface area (Å²) >= 11 is 0. The number of nitrogens with zero attached hydrogens (tertiary/aromatic N) is 4. The molecule has 28 heavy (non-hydrogen) atoms. The topological polar surface area (TPSA) is 80.9 Å². The maximum Gasteiger partial charge on any atom is 0.241 e. The van der Waals surface area contributed by atoms with Crippen molar-refractivity contribution in [3.8, 4) is 17.1 Å². The molecule has 1 amide bonds. The van der Waals surface area contributed by atoms with Gasteiger partial charge in [-0.25, -0.2) is 0 Å². The van der Waals surface area contributed by atoms with Crippen LogP contribution < -0.4 is 4.74 Å². The molecule has 2 saturated heterocycles. The number of likely N-dealkylation sites (tertiary alicyclic amines) is 1. The van der Waals surface area contributed by atoms with Crippen LogP contribution in [-0.2, 0) is 16.1 Å². The van der Waals surface area contributed by atoms with Gasteiger partial charge in [0.05, 0.1) is 38.3 Å². The SMILES string of the molecule is COc1ccccc1-c1noc(CN2CCCC(C(=O)N3CCOCC3)C2)n1. The van der Waals surface area contributed by atoms with Gasteiger partial charge in [-0.05, 0) is 31.5 Å². The standard InChI is InChI=1S/C20H26N4O4/c1-26-17-7-3-2-6-16(17)19-21-18(28-22-19)14-23-8-4-5-15(13-23)20(25)24-9-11-27-12-10-24/h2-3,6-7,15H,4-5,8-14H2,1H3. The van der Waals surface area contributed by atoms with E-state index in [1.54, 1.807) is 7.11 Å². The molecule has 0 saturated carbocycles. The predicted octanol–water partition coefficient (Wildman–Crippen LogP) is 1.82. The molecular weight excluding hydrogens is 360 g/mol. The minimum atomic E-state index is 0.0310. The Morgan fingerprint density at radius 2 is 2.07 bits per heavy atom. The molecule has 3 heterocycles. The average Bonchev–Trinajstić information content (AvgIpc) is 3.22. The van der Waals surface area contributed by atoms with Gasteiger partial charge in [-0.15, -0.1) is 0 Å². The second-order valence-electron chi connectivity index (χ2n) is 7.22. The maximum absolute atomic E-state index is 12.8. The largest absolute Gasteiger partial charge is 0.496 e. The lowest BCUT2D eigenvalue weighted by molar-refractivity contribution is -0.141. The van der Waals surface area contributed by atoms with Gasteiger partial charge < -0.3 is 18.9 Å². The van der Waals surface area contributed by atoms with E-state index in [4.69, 9.17) is 14.0 Å². The predicted molar refractivity (Wildman–Crippen MR) is 102 cm³/mol. The summed E-state index contributed by atoms with van der Waals surface area (Å²) in [6, 6.07) is 7.60. The highest BCUT2D eigenvalue weighted by atomic mass is 16.5. The highest BCUT2D eigenvalue weighted by Crippen LogP contribution is 2.27. The summed E-state index contributed by atoms with van der Waals surface area (Å²) < 4.78 is 16.2. The highest BCUT2D eigenvalue weighted by molar-refractivity contribution is 5.79. The molecule has 4 rings (SSSR count). The van der Waals surface area contributed by atoms with Gasteiger partial charge in [-0.3, -0.25) is 9.69 Å². The first-order valence-corrected chi connectivity index (χ1v) is 9.79. The van der Waals surface area contributed by atoms with Crippen LogP contribution in [-0.4, -0.2) is 72.4 Å². The van der Waals surface area contributed by atoms with Crippen molar-refractivity contribution in [2.24, 2.45) is 5.92 Å². The van der Waals surface area contributed by atoms with Crippen molar-refractivity contribution < 1.29 is 18.8 Å². The molecule has 2 aliphatic heterocycles. The quantitative estimate of drug-likeness (QED) is 0.775. The number of aromatic nitrogens is 2. The van der Waals surface area contributed by atoms with Gasteiger partial charge in [0.1, 0.15) is 5.75 Å². The summed E-state index contributed by atoms with van der Waals surface area (Å²) in [5.74, 6) is 2.06. The van der Waals surface area contributed by atoms with E-state index < -0.39 is 0 Å². The summed E-state index contributed by atoms with van der Waals surface area (Å²) in [5.41, 5.74) is 0.805. The normalized spacial score (nSPS) is 20.9. The first-order chi connectivity index (χ1) is 13.7. The van der Waals surface area contributed by atoms with Crippen LogP contribution in [0.25, 0.3) is 11.4 Å². The number of rotatable bonds is 5. The highest BCUT2D eigenvalue weighted by Gasteiger charge is 2.30. The van der Waals surface area contributed by atoms with E-state index in [9.17, 15) is 4.79 Å². The number of morpholine rings is 1. The third-order valence-corrected chi connectivity index (χ3v) is 5.35. The number of methoxy groups -OCH3 is 1. The number of hydrogen-bond acceptors (Lipinski definition) is 7. The van der Waals surface area contributed by atoms with Crippen LogP contribution in [0, 0.1) is 5.92 Å². The Morgan fingerprint density at radius 1 is 1.25 bits per heavy atom. The number of carbonyl (C=O) groups excluding carboxylic acids is 1. The molecule has 1 aromatic carbocycles. The van der Waals surface area contributed by atoms with Gasteiger partial charge >= 0.3 is 0 Å². The van der Waals surface area contributed by atoms with Crippen molar-refractivity contribution in [1.82, 2.24) is 19.9 Å². The molecule has 1 unspecified atom stereocenters. The van der Waals surface area contributed by atoms with Gasteiger partial charge in [-0.1, -0.05) is 17.3 Å². The van der Waals surface area contributed by atoms with Crippen molar-refractivity contribution >= 4 is 5.91 Å². The lowest BCUT2D eigenvalue weighted by atomic mass is 9.96. The zero-order valence-electron chi connectivity index (χ0n) is 16.2. The first kappa shape index (κ1) is 18.9. The number of para-hydroxylation sites is 1. The Labute approximate surface area is 164 Å². The Bertz CT molecular complexity index is 803. The van der Waals surface area contributed by atoms with E-state index in [1.807, 2.05) is 29.2 Å². The summed E-state index contributed by atoms with van der Waals surface area (Å²) in [7, 11) is 1.62. The van der Waals surface area contributed by atoms with Crippen molar-refractivity contribution in [3.05, 3.63) is 30.2 Å². The van der Waals surface area contributed by atoms with E-state index in [0.29, 0.717) is 50.3 Å². The van der Waals surface area contributed by atoms with Crippen LogP contribution in [0.5, 0.6) is 5.75 Å². The zero-order valence-corrected chi connectivity index (χ0v) is 16.2. The monoisotopic (exact) mass is 386 g/mol. The van der Waals surface area contributed by atoms with Crippen LogP contribution in [0.4, 0.5) is 0 Å². The molecule has 1 atom stereocenters. The van der Waals surface area contributed by atoms with E-state index in [1.165, 1.54) is 0 Å². The van der Waals surface area contributed by atoms with Gasteiger partial charge in [0.2, 0.25) is 17.6 Å². The Hall–Kier alpha value is -2.45. The third-order valence-electron chi connectivity index (χ3n) is 5.35. The minimum absolute atomic E-state index is 0.0310. The lowest BCUT2D eigenvalue weighted by Crippen LogP contribution is -2.48. The van der Waals surface area contributed by atoms with Crippen molar-refractivity contribution in [3.63, 3.8) is 0 Å². The number of benzene rings is 1. The Kier molecular flexibility index (Phi) is 5.87. The molecule has 8 heteroatoms. The number of ether oxygens (including phenoxy) is 2. The molecule has 1 aromatic heterocycles. The molecule has 150 valence electrons. The first-order valence-electron chi connectivity index (χ1n) is 9.79. The summed E-state index contributed by atoms with van der Waals surface area (Å²) in [5, 5.41) is 4.11. The van der Waals surface area contributed by atoms with Crippen LogP contribution in [0.1, 0.15) is 18.7 Å². The third kappa shape index (κ3) is 4.18. The molecule has 2 aromatic rings. The summed E-state index contributed by atoms with van der Waals surface area (Å²) in [6.07, 6.45) is 1.93. The molecule has 0 aliphatic carbocycles. The number of carbonyl (C=O) groups is 1. The number of hydrogen-bond donors (Lipinski definition) is 0. The maximum atomic E-state index is 12.8. The second-order valence-corrected chi connectivity index (χ2v) is 7.22. The molecular formula is C20H26N4O4. The molecule has 2 aliphatic rings. The van der Waals surface area contributed by atoms with Gasteiger partial charge in [0.15, 0.2) is 0 Å². The van der Waals surface area contributed by atoms with E-state index in [-0.39, 0.29) is 11.8 Å². The van der Waals surface area contributed by atoms with Crippen LogP contribution in [0.3, 0.4) is 0 Å². The fourth-order valence-corrected chi connectivity index (χ4v) is 3.89. The fraction of sp³-hybridized carbons (Fsp3) is 0.550. The van der Waals surface area contributed by atoms with Gasteiger partial charge in [-0.2, -0.15) is 4.98 Å². The molecule has 0 N–H and O–H groups in total. The van der Waals surface area contributed by atoms with Gasteiger partial charge in [0, 0.05) is 19.6 Å². The number of amides is 1. The van der Waals surface area contributed by atoms with Crippen molar-refractivity contribution in [2.75, 3.05) is 46.5 Å². The molecule has 2 fully saturated rings. The Morgan fingerprint density at radius 3 is 2.89 bits per heavy atom. The number of piperidine rings is 1. The molecule has 8 nitrogen and oxygen atoms in total. The van der Waals surface area contributed by atoms with Gasteiger partial charge in [0.25, 0.3) is 0 Å².